The quantitative estimate of drug-likeness (QED) is 0.795. The highest BCUT2D eigenvalue weighted by atomic mass is 19.1. The minimum atomic E-state index is -0.313. The molecule has 0 aromatic heterocycles. The van der Waals surface area contributed by atoms with E-state index >= 15 is 0 Å². The van der Waals surface area contributed by atoms with Gasteiger partial charge >= 0.3 is 0 Å². The number of halogens is 1. The summed E-state index contributed by atoms with van der Waals surface area (Å²) < 4.78 is 12.8. The van der Waals surface area contributed by atoms with Gasteiger partial charge in [0.05, 0.1) is 0 Å². The van der Waals surface area contributed by atoms with Crippen LogP contribution in [0, 0.1) is 5.82 Å². The number of amides is 1. The average molecular weight is 242 g/mol. The maximum Gasteiger partial charge on any atom is 0.271 e. The van der Waals surface area contributed by atoms with Crippen LogP contribution in [0.4, 0.5) is 4.39 Å². The monoisotopic (exact) mass is 242 g/mol. The highest BCUT2D eigenvalue weighted by Gasteiger charge is 2.33. The summed E-state index contributed by atoms with van der Waals surface area (Å²) in [5.41, 5.74) is 0.925. The van der Waals surface area contributed by atoms with Crippen molar-refractivity contribution in [3.8, 4) is 0 Å². The maximum absolute atomic E-state index is 12.8. The summed E-state index contributed by atoms with van der Waals surface area (Å²) in [6.07, 6.45) is 7.91. The third kappa shape index (κ3) is 1.86. The van der Waals surface area contributed by atoms with Crippen molar-refractivity contribution in [2.75, 3.05) is 0 Å². The highest BCUT2D eigenvalue weighted by molar-refractivity contribution is 6.10. The Bertz CT molecular complexity index is 572. The number of rotatable bonds is 2. The topological polar surface area (TPSA) is 32.7 Å². The first kappa shape index (κ1) is 10.9. The zero-order valence-corrected chi connectivity index (χ0v) is 9.58. The van der Waals surface area contributed by atoms with E-state index in [0.717, 1.165) is 5.56 Å². The first-order valence-electron chi connectivity index (χ1n) is 5.74. The fourth-order valence-electron chi connectivity index (χ4n) is 2.14. The van der Waals surface area contributed by atoms with E-state index < -0.39 is 0 Å². The number of aliphatic imine (C=N–C) groups is 1. The van der Waals surface area contributed by atoms with E-state index in [-0.39, 0.29) is 17.8 Å². The van der Waals surface area contributed by atoms with Crippen LogP contribution in [0.3, 0.4) is 0 Å². The molecule has 0 N–H and O–H groups in total. The summed E-state index contributed by atoms with van der Waals surface area (Å²) in [4.78, 5) is 17.7. The van der Waals surface area contributed by atoms with Crippen molar-refractivity contribution in [1.29, 1.82) is 0 Å². The second-order valence-electron chi connectivity index (χ2n) is 4.26. The van der Waals surface area contributed by atoms with Crippen LogP contribution >= 0.6 is 0 Å². The van der Waals surface area contributed by atoms with Crippen LogP contribution in [-0.4, -0.2) is 22.7 Å². The van der Waals surface area contributed by atoms with E-state index in [1.165, 1.54) is 12.1 Å². The van der Waals surface area contributed by atoms with E-state index in [1.807, 2.05) is 29.3 Å². The van der Waals surface area contributed by atoms with E-state index in [0.29, 0.717) is 12.3 Å². The number of benzene rings is 1. The van der Waals surface area contributed by atoms with Crippen molar-refractivity contribution >= 4 is 11.7 Å². The maximum atomic E-state index is 12.8. The third-order valence-corrected chi connectivity index (χ3v) is 3.06. The van der Waals surface area contributed by atoms with E-state index in [1.54, 1.807) is 12.1 Å². The Morgan fingerprint density at radius 1 is 1.22 bits per heavy atom. The summed E-state index contributed by atoms with van der Waals surface area (Å²) in [6, 6.07) is 5.89. The average Bonchev–Trinajstić information content (AvgIpc) is 2.69. The number of hydrogen-bond donors (Lipinski definition) is 0. The number of allylic oxidation sites excluding steroid dienone is 2. The molecule has 0 fully saturated rings. The van der Waals surface area contributed by atoms with Gasteiger partial charge in [-0.05, 0) is 29.8 Å². The Morgan fingerprint density at radius 2 is 2.00 bits per heavy atom. The lowest BCUT2D eigenvalue weighted by atomic mass is 10.0. The molecule has 0 aliphatic carbocycles. The highest BCUT2D eigenvalue weighted by Crippen LogP contribution is 2.20. The van der Waals surface area contributed by atoms with Gasteiger partial charge in [0.1, 0.15) is 17.7 Å². The number of amidine groups is 1. The number of carbonyl (C=O) groups is 1. The Kier molecular flexibility index (Phi) is 2.55. The molecule has 90 valence electrons. The minimum absolute atomic E-state index is 0.148. The van der Waals surface area contributed by atoms with Gasteiger partial charge in [-0.15, -0.1) is 0 Å². The molecule has 3 rings (SSSR count). The Labute approximate surface area is 104 Å². The summed E-state index contributed by atoms with van der Waals surface area (Å²) in [5.74, 6) is 0.259. The van der Waals surface area contributed by atoms with Crippen molar-refractivity contribution in [1.82, 2.24) is 4.90 Å². The molecular weight excluding hydrogens is 231 g/mol. The molecule has 0 saturated carbocycles. The zero-order valence-electron chi connectivity index (χ0n) is 9.58. The molecule has 2 aliphatic heterocycles. The predicted molar refractivity (Wildman–Crippen MR) is 66.5 cm³/mol. The third-order valence-electron chi connectivity index (χ3n) is 3.06. The van der Waals surface area contributed by atoms with Gasteiger partial charge in [-0.25, -0.2) is 4.39 Å². The molecule has 4 heteroatoms. The van der Waals surface area contributed by atoms with Crippen LogP contribution in [0.2, 0.25) is 0 Å². The molecule has 1 amide bonds. The summed E-state index contributed by atoms with van der Waals surface area (Å²) in [5, 5.41) is 0. The summed E-state index contributed by atoms with van der Waals surface area (Å²) in [6.45, 7) is 0. The predicted octanol–water partition coefficient (Wildman–Crippen LogP) is 2.06. The molecule has 2 aliphatic rings. The molecule has 0 radical (unpaired) electrons. The molecule has 2 heterocycles. The lowest BCUT2D eigenvalue weighted by Gasteiger charge is -2.23. The van der Waals surface area contributed by atoms with Crippen LogP contribution in [0.25, 0.3) is 0 Å². The number of fused-ring (bicyclic) bond motifs is 1. The first-order chi connectivity index (χ1) is 8.74. The van der Waals surface area contributed by atoms with Crippen molar-refractivity contribution in [2.24, 2.45) is 4.99 Å². The molecule has 1 atom stereocenters. The first-order valence-corrected chi connectivity index (χ1v) is 5.74. The normalized spacial score (nSPS) is 21.2. The lowest BCUT2D eigenvalue weighted by Crippen LogP contribution is -2.35. The molecular formula is C14H11FN2O. The second-order valence-corrected chi connectivity index (χ2v) is 4.26. The molecule has 0 bridgehead atoms. The van der Waals surface area contributed by atoms with Crippen LogP contribution in [-0.2, 0) is 11.2 Å². The van der Waals surface area contributed by atoms with Crippen molar-refractivity contribution in [3.63, 3.8) is 0 Å². The van der Waals surface area contributed by atoms with Crippen LogP contribution in [0.5, 0.6) is 0 Å². The van der Waals surface area contributed by atoms with Crippen LogP contribution in [0.15, 0.2) is 53.7 Å². The fraction of sp³-hybridized carbons (Fsp3) is 0.143. The van der Waals surface area contributed by atoms with Gasteiger partial charge in [-0.1, -0.05) is 18.2 Å². The van der Waals surface area contributed by atoms with E-state index in [4.69, 9.17) is 0 Å². The Balaban J connectivity index is 1.82. The van der Waals surface area contributed by atoms with Gasteiger partial charge < -0.3 is 4.90 Å². The Morgan fingerprint density at radius 3 is 2.78 bits per heavy atom. The summed E-state index contributed by atoms with van der Waals surface area (Å²) in [7, 11) is 0. The van der Waals surface area contributed by atoms with E-state index in [2.05, 4.69) is 4.99 Å². The minimum Gasteiger partial charge on any atom is -0.320 e. The van der Waals surface area contributed by atoms with Gasteiger partial charge in [0.15, 0.2) is 0 Å². The van der Waals surface area contributed by atoms with Crippen LogP contribution < -0.4 is 0 Å². The molecule has 1 aromatic rings. The summed E-state index contributed by atoms with van der Waals surface area (Å²) >= 11 is 0. The number of nitrogens with zero attached hydrogens (tertiary/aromatic N) is 2. The van der Waals surface area contributed by atoms with E-state index in [9.17, 15) is 9.18 Å². The molecule has 0 spiro atoms. The van der Waals surface area contributed by atoms with Crippen molar-refractivity contribution in [3.05, 3.63) is 60.1 Å². The molecule has 3 nitrogen and oxygen atoms in total. The Hall–Kier alpha value is -2.23. The number of carbonyl (C=O) groups excluding carboxylic acids is 1. The smallest absolute Gasteiger partial charge is 0.271 e. The van der Waals surface area contributed by atoms with Gasteiger partial charge in [0, 0.05) is 12.6 Å². The second kappa shape index (κ2) is 4.22. The fourth-order valence-corrected chi connectivity index (χ4v) is 2.14. The molecule has 18 heavy (non-hydrogen) atoms. The number of hydrogen-bond acceptors (Lipinski definition) is 2. The van der Waals surface area contributed by atoms with Gasteiger partial charge in [0.25, 0.3) is 5.91 Å². The van der Waals surface area contributed by atoms with Crippen LogP contribution in [0.1, 0.15) is 5.56 Å². The molecule has 0 saturated heterocycles. The van der Waals surface area contributed by atoms with Gasteiger partial charge in [0.2, 0.25) is 0 Å². The van der Waals surface area contributed by atoms with Gasteiger partial charge in [-0.2, -0.15) is 4.99 Å². The largest absolute Gasteiger partial charge is 0.320 e. The standard InChI is InChI=1S/C14H11FN2O/c15-11-6-4-10(5-7-11)9-12-14(18)16-13-3-1-2-8-17(12)13/h1-8,12H,9H2. The lowest BCUT2D eigenvalue weighted by molar-refractivity contribution is -0.119. The van der Waals surface area contributed by atoms with Gasteiger partial charge in [-0.3, -0.25) is 4.79 Å². The SMILES string of the molecule is O=C1N=C2C=CC=CN2C1Cc1ccc(F)cc1. The van der Waals surface area contributed by atoms with Crippen molar-refractivity contribution in [2.45, 2.75) is 12.5 Å². The zero-order chi connectivity index (χ0) is 12.5. The van der Waals surface area contributed by atoms with Crippen molar-refractivity contribution < 1.29 is 9.18 Å². The molecule has 1 aromatic carbocycles. The molecule has 1 unspecified atom stereocenters.